The highest BCUT2D eigenvalue weighted by atomic mass is 16.5. The van der Waals surface area contributed by atoms with Gasteiger partial charge in [-0.05, 0) is 30.7 Å². The van der Waals surface area contributed by atoms with Crippen LogP contribution in [-0.4, -0.2) is 40.3 Å². The van der Waals surface area contributed by atoms with Gasteiger partial charge >= 0.3 is 0 Å². The molecule has 0 saturated heterocycles. The molecule has 24 heavy (non-hydrogen) atoms. The number of rotatable bonds is 8. The van der Waals surface area contributed by atoms with Gasteiger partial charge in [-0.15, -0.1) is 0 Å². The fourth-order valence-electron chi connectivity index (χ4n) is 2.37. The standard InChI is InChI=1S/C19H24N2O3/c1-21(16-8-5-4-6-9-16)11-7-10-20-19(22)15-12-17(23-2)14-18(13-15)24-3/h4-6,8-9,12-14H,7,10-11H2,1-3H3,(H,20,22). The van der Waals surface area contributed by atoms with Crippen molar-refractivity contribution >= 4 is 11.6 Å². The lowest BCUT2D eigenvalue weighted by molar-refractivity contribution is 0.0952. The predicted octanol–water partition coefficient (Wildman–Crippen LogP) is 2.96. The van der Waals surface area contributed by atoms with E-state index in [1.54, 1.807) is 32.4 Å². The number of nitrogens with one attached hydrogen (secondary N) is 1. The van der Waals surface area contributed by atoms with Crippen molar-refractivity contribution in [3.05, 3.63) is 54.1 Å². The van der Waals surface area contributed by atoms with Crippen LogP contribution in [0.1, 0.15) is 16.8 Å². The molecule has 0 bridgehead atoms. The topological polar surface area (TPSA) is 50.8 Å². The summed E-state index contributed by atoms with van der Waals surface area (Å²) in [5, 5.41) is 2.93. The number of carbonyl (C=O) groups excluding carboxylic acids is 1. The van der Waals surface area contributed by atoms with Crippen LogP contribution in [-0.2, 0) is 0 Å². The number of benzene rings is 2. The number of carbonyl (C=O) groups is 1. The van der Waals surface area contributed by atoms with Gasteiger partial charge in [0.15, 0.2) is 0 Å². The van der Waals surface area contributed by atoms with Crippen LogP contribution in [0.2, 0.25) is 0 Å². The molecule has 128 valence electrons. The van der Waals surface area contributed by atoms with Crippen LogP contribution in [0.15, 0.2) is 48.5 Å². The van der Waals surface area contributed by atoms with Crippen molar-refractivity contribution in [1.82, 2.24) is 5.32 Å². The van der Waals surface area contributed by atoms with Gasteiger partial charge in [0.2, 0.25) is 0 Å². The summed E-state index contributed by atoms with van der Waals surface area (Å²) >= 11 is 0. The largest absolute Gasteiger partial charge is 0.497 e. The highest BCUT2D eigenvalue weighted by molar-refractivity contribution is 5.95. The van der Waals surface area contributed by atoms with E-state index in [9.17, 15) is 4.79 Å². The van der Waals surface area contributed by atoms with Gasteiger partial charge in [-0.3, -0.25) is 4.79 Å². The first-order valence-electron chi connectivity index (χ1n) is 7.91. The van der Waals surface area contributed by atoms with Crippen LogP contribution in [0.3, 0.4) is 0 Å². The number of ether oxygens (including phenoxy) is 2. The molecule has 0 heterocycles. The molecule has 0 radical (unpaired) electrons. The zero-order valence-electron chi connectivity index (χ0n) is 14.4. The average Bonchev–Trinajstić information content (AvgIpc) is 2.64. The summed E-state index contributed by atoms with van der Waals surface area (Å²) < 4.78 is 10.4. The fourth-order valence-corrected chi connectivity index (χ4v) is 2.37. The molecule has 1 N–H and O–H groups in total. The van der Waals surface area contributed by atoms with Crippen molar-refractivity contribution in [1.29, 1.82) is 0 Å². The van der Waals surface area contributed by atoms with E-state index >= 15 is 0 Å². The molecule has 0 aliphatic carbocycles. The monoisotopic (exact) mass is 328 g/mol. The Bertz CT molecular complexity index is 637. The van der Waals surface area contributed by atoms with E-state index < -0.39 is 0 Å². The van der Waals surface area contributed by atoms with E-state index in [-0.39, 0.29) is 5.91 Å². The first kappa shape index (κ1) is 17.7. The van der Waals surface area contributed by atoms with E-state index in [2.05, 4.69) is 22.3 Å². The van der Waals surface area contributed by atoms with E-state index in [1.807, 2.05) is 25.2 Å². The highest BCUT2D eigenvalue weighted by Gasteiger charge is 2.09. The molecule has 0 saturated carbocycles. The quantitative estimate of drug-likeness (QED) is 0.757. The van der Waals surface area contributed by atoms with Gasteiger partial charge < -0.3 is 19.7 Å². The second-order valence-corrected chi connectivity index (χ2v) is 5.47. The second-order valence-electron chi connectivity index (χ2n) is 5.47. The Hall–Kier alpha value is -2.69. The number of hydrogen-bond donors (Lipinski definition) is 1. The molecule has 2 rings (SSSR count). The second kappa shape index (κ2) is 8.82. The van der Waals surface area contributed by atoms with Crippen LogP contribution in [0.5, 0.6) is 11.5 Å². The third kappa shape index (κ3) is 4.91. The SMILES string of the molecule is COc1cc(OC)cc(C(=O)NCCCN(C)c2ccccc2)c1. The normalized spacial score (nSPS) is 10.1. The smallest absolute Gasteiger partial charge is 0.251 e. The number of methoxy groups -OCH3 is 2. The molecule has 0 aliphatic rings. The molecule has 5 nitrogen and oxygen atoms in total. The average molecular weight is 328 g/mol. The minimum Gasteiger partial charge on any atom is -0.497 e. The highest BCUT2D eigenvalue weighted by Crippen LogP contribution is 2.22. The van der Waals surface area contributed by atoms with Crippen molar-refractivity contribution in [2.75, 3.05) is 39.3 Å². The van der Waals surface area contributed by atoms with Gasteiger partial charge in [0.25, 0.3) is 5.91 Å². The Labute approximate surface area is 143 Å². The lowest BCUT2D eigenvalue weighted by Gasteiger charge is -2.19. The molecule has 0 atom stereocenters. The number of hydrogen-bond acceptors (Lipinski definition) is 4. The molecule has 0 fully saturated rings. The molecule has 2 aromatic carbocycles. The molecule has 1 amide bonds. The van der Waals surface area contributed by atoms with Gasteiger partial charge in [-0.25, -0.2) is 0 Å². The number of amides is 1. The summed E-state index contributed by atoms with van der Waals surface area (Å²) in [5.41, 5.74) is 1.70. The first-order valence-corrected chi connectivity index (χ1v) is 7.91. The lowest BCUT2D eigenvalue weighted by atomic mass is 10.2. The third-order valence-corrected chi connectivity index (χ3v) is 3.77. The summed E-state index contributed by atoms with van der Waals surface area (Å²) in [6.07, 6.45) is 0.859. The maximum atomic E-state index is 12.3. The maximum Gasteiger partial charge on any atom is 0.251 e. The van der Waals surface area contributed by atoms with Crippen LogP contribution < -0.4 is 19.7 Å². The summed E-state index contributed by atoms with van der Waals surface area (Å²) in [5.74, 6) is 1.07. The number of anilines is 1. The van der Waals surface area contributed by atoms with Crippen molar-refractivity contribution in [2.45, 2.75) is 6.42 Å². The molecule has 0 unspecified atom stereocenters. The minimum atomic E-state index is -0.130. The Morgan fingerprint density at radius 1 is 1.04 bits per heavy atom. The van der Waals surface area contributed by atoms with Gasteiger partial charge in [0.1, 0.15) is 11.5 Å². The van der Waals surface area contributed by atoms with Gasteiger partial charge in [0.05, 0.1) is 14.2 Å². The molecule has 5 heteroatoms. The summed E-state index contributed by atoms with van der Waals surface area (Å²) in [6.45, 7) is 1.47. The van der Waals surface area contributed by atoms with Gasteiger partial charge in [-0.1, -0.05) is 18.2 Å². The molecule has 2 aromatic rings. The summed E-state index contributed by atoms with van der Waals surface area (Å²) in [4.78, 5) is 14.4. The molecule has 0 spiro atoms. The Balaban J connectivity index is 1.83. The molecular weight excluding hydrogens is 304 g/mol. The summed E-state index contributed by atoms with van der Waals surface area (Å²) in [7, 11) is 5.18. The third-order valence-electron chi connectivity index (χ3n) is 3.77. The first-order chi connectivity index (χ1) is 11.6. The zero-order chi connectivity index (χ0) is 17.4. The van der Waals surface area contributed by atoms with Crippen LogP contribution >= 0.6 is 0 Å². The molecule has 0 aromatic heterocycles. The van der Waals surface area contributed by atoms with Crippen molar-refractivity contribution < 1.29 is 14.3 Å². The van der Waals surface area contributed by atoms with Crippen LogP contribution in [0.25, 0.3) is 0 Å². The maximum absolute atomic E-state index is 12.3. The zero-order valence-corrected chi connectivity index (χ0v) is 14.4. The van der Waals surface area contributed by atoms with E-state index in [0.717, 1.165) is 13.0 Å². The predicted molar refractivity (Wildman–Crippen MR) is 96.2 cm³/mol. The summed E-state index contributed by atoms with van der Waals surface area (Å²) in [6, 6.07) is 15.3. The minimum absolute atomic E-state index is 0.130. The lowest BCUT2D eigenvalue weighted by Crippen LogP contribution is -2.28. The van der Waals surface area contributed by atoms with Crippen molar-refractivity contribution in [3.8, 4) is 11.5 Å². The Kier molecular flexibility index (Phi) is 6.49. The molecular formula is C19H24N2O3. The fraction of sp³-hybridized carbons (Fsp3) is 0.316. The van der Waals surface area contributed by atoms with Gasteiger partial charge in [0, 0.05) is 37.5 Å². The van der Waals surface area contributed by atoms with Crippen molar-refractivity contribution in [2.24, 2.45) is 0 Å². The van der Waals surface area contributed by atoms with Crippen LogP contribution in [0.4, 0.5) is 5.69 Å². The van der Waals surface area contributed by atoms with Crippen molar-refractivity contribution in [3.63, 3.8) is 0 Å². The number of nitrogens with zero attached hydrogens (tertiary/aromatic N) is 1. The van der Waals surface area contributed by atoms with E-state index in [1.165, 1.54) is 5.69 Å². The Morgan fingerprint density at radius 3 is 2.25 bits per heavy atom. The number of para-hydroxylation sites is 1. The molecule has 0 aliphatic heterocycles. The van der Waals surface area contributed by atoms with Crippen LogP contribution in [0, 0.1) is 0 Å². The van der Waals surface area contributed by atoms with Gasteiger partial charge in [-0.2, -0.15) is 0 Å². The van der Waals surface area contributed by atoms with E-state index in [0.29, 0.717) is 23.6 Å². The Morgan fingerprint density at radius 2 is 1.67 bits per heavy atom. The van der Waals surface area contributed by atoms with E-state index in [4.69, 9.17) is 9.47 Å².